The number of guanidine groups is 1. The smallest absolute Gasteiger partial charge is 0.191 e. The Kier molecular flexibility index (Phi) is 7.93. The van der Waals surface area contributed by atoms with Crippen LogP contribution in [0.1, 0.15) is 44.0 Å². The number of morpholine rings is 1. The van der Waals surface area contributed by atoms with Crippen molar-refractivity contribution in [1.82, 2.24) is 15.5 Å². The lowest BCUT2D eigenvalue weighted by Crippen LogP contribution is -2.45. The van der Waals surface area contributed by atoms with Gasteiger partial charge in [0.05, 0.1) is 31.4 Å². The second kappa shape index (κ2) is 10.4. The van der Waals surface area contributed by atoms with E-state index in [1.807, 2.05) is 0 Å². The second-order valence-electron chi connectivity index (χ2n) is 7.57. The molecule has 2 heterocycles. The molecule has 1 saturated heterocycles. The van der Waals surface area contributed by atoms with E-state index >= 15 is 0 Å². The Balaban J connectivity index is 1.64. The first-order chi connectivity index (χ1) is 13.2. The Morgan fingerprint density at radius 3 is 3.00 bits per heavy atom. The van der Waals surface area contributed by atoms with Crippen molar-refractivity contribution in [1.29, 1.82) is 0 Å². The summed E-state index contributed by atoms with van der Waals surface area (Å²) >= 11 is 1.80. The number of hydrogen-bond acceptors (Lipinski definition) is 5. The normalized spacial score (nSPS) is 28.3. The summed E-state index contributed by atoms with van der Waals surface area (Å²) in [6.07, 6.45) is 3.23. The van der Waals surface area contributed by atoms with Gasteiger partial charge < -0.3 is 20.5 Å². The van der Waals surface area contributed by atoms with Crippen molar-refractivity contribution >= 4 is 17.3 Å². The molecule has 2 aliphatic rings. The number of aliphatic hydroxyl groups excluding tert-OH is 1. The lowest BCUT2D eigenvalue weighted by atomic mass is 10.1. The molecule has 1 saturated carbocycles. The molecule has 27 heavy (non-hydrogen) atoms. The van der Waals surface area contributed by atoms with E-state index in [1.54, 1.807) is 11.3 Å². The van der Waals surface area contributed by atoms with Crippen LogP contribution in [0.15, 0.2) is 22.5 Å². The molecule has 4 atom stereocenters. The molecule has 1 aromatic heterocycles. The van der Waals surface area contributed by atoms with E-state index in [4.69, 9.17) is 9.73 Å². The van der Waals surface area contributed by atoms with Crippen molar-refractivity contribution in [3.05, 3.63) is 22.4 Å². The molecular weight excluding hydrogens is 360 g/mol. The van der Waals surface area contributed by atoms with Gasteiger partial charge in [0.25, 0.3) is 0 Å². The van der Waals surface area contributed by atoms with Crippen LogP contribution in [0.3, 0.4) is 0 Å². The molecule has 3 N–H and O–H groups in total. The minimum atomic E-state index is -0.172. The van der Waals surface area contributed by atoms with Crippen LogP contribution >= 0.6 is 11.3 Å². The van der Waals surface area contributed by atoms with E-state index in [9.17, 15) is 5.11 Å². The van der Waals surface area contributed by atoms with Gasteiger partial charge in [0.15, 0.2) is 5.96 Å². The molecule has 3 rings (SSSR count). The van der Waals surface area contributed by atoms with Crippen LogP contribution in [-0.2, 0) is 4.74 Å². The zero-order valence-electron chi connectivity index (χ0n) is 16.6. The van der Waals surface area contributed by atoms with Crippen molar-refractivity contribution in [2.75, 3.05) is 39.3 Å². The van der Waals surface area contributed by atoms with Gasteiger partial charge >= 0.3 is 0 Å². The van der Waals surface area contributed by atoms with Crippen molar-refractivity contribution in [3.63, 3.8) is 0 Å². The number of ether oxygens (including phenoxy) is 1. The Hall–Kier alpha value is -1.15. The first-order valence-electron chi connectivity index (χ1n) is 10.3. The fourth-order valence-corrected chi connectivity index (χ4v) is 4.85. The van der Waals surface area contributed by atoms with Gasteiger partial charge in [-0.25, -0.2) is 0 Å². The van der Waals surface area contributed by atoms with E-state index < -0.39 is 0 Å². The highest BCUT2D eigenvalue weighted by Gasteiger charge is 2.27. The zero-order valence-corrected chi connectivity index (χ0v) is 17.4. The fourth-order valence-electron chi connectivity index (χ4n) is 4.00. The Morgan fingerprint density at radius 1 is 1.44 bits per heavy atom. The maximum Gasteiger partial charge on any atom is 0.191 e. The predicted molar refractivity (Wildman–Crippen MR) is 111 cm³/mol. The summed E-state index contributed by atoms with van der Waals surface area (Å²) in [5.74, 6) is 1.18. The van der Waals surface area contributed by atoms with Crippen LogP contribution in [0.5, 0.6) is 0 Å². The summed E-state index contributed by atoms with van der Waals surface area (Å²) in [6.45, 7) is 9.22. The van der Waals surface area contributed by atoms with Gasteiger partial charge in [0.2, 0.25) is 0 Å². The van der Waals surface area contributed by atoms with E-state index in [0.717, 1.165) is 64.6 Å². The summed E-state index contributed by atoms with van der Waals surface area (Å²) in [4.78, 5) is 8.74. The van der Waals surface area contributed by atoms with E-state index in [-0.39, 0.29) is 18.2 Å². The van der Waals surface area contributed by atoms with Crippen molar-refractivity contribution in [3.8, 4) is 0 Å². The minimum Gasteiger partial charge on any atom is -0.393 e. The highest BCUT2D eigenvalue weighted by atomic mass is 32.1. The largest absolute Gasteiger partial charge is 0.393 e. The van der Waals surface area contributed by atoms with Crippen molar-refractivity contribution in [2.45, 2.75) is 51.4 Å². The lowest BCUT2D eigenvalue weighted by molar-refractivity contribution is -0.0327. The molecule has 0 bridgehead atoms. The summed E-state index contributed by atoms with van der Waals surface area (Å²) in [6, 6.07) is 4.61. The molecule has 0 amide bonds. The van der Waals surface area contributed by atoms with E-state index in [1.165, 1.54) is 4.88 Å². The third-order valence-electron chi connectivity index (χ3n) is 5.50. The third kappa shape index (κ3) is 5.91. The highest BCUT2D eigenvalue weighted by molar-refractivity contribution is 7.10. The topological polar surface area (TPSA) is 69.1 Å². The Morgan fingerprint density at radius 2 is 2.33 bits per heavy atom. The molecule has 0 spiro atoms. The van der Waals surface area contributed by atoms with Crippen LogP contribution in [-0.4, -0.2) is 67.5 Å². The van der Waals surface area contributed by atoms with E-state index in [2.05, 4.69) is 46.9 Å². The molecule has 2 fully saturated rings. The molecule has 7 heteroatoms. The van der Waals surface area contributed by atoms with Crippen molar-refractivity contribution in [2.24, 2.45) is 10.9 Å². The maximum atomic E-state index is 10.1. The van der Waals surface area contributed by atoms with E-state index in [0.29, 0.717) is 5.92 Å². The van der Waals surface area contributed by atoms with Gasteiger partial charge in [-0.3, -0.25) is 9.89 Å². The molecule has 4 unspecified atom stereocenters. The van der Waals surface area contributed by atoms with Crippen LogP contribution in [0.4, 0.5) is 0 Å². The first-order valence-corrected chi connectivity index (χ1v) is 11.1. The Bertz CT molecular complexity index is 581. The molecule has 1 aromatic rings. The number of nitrogens with zero attached hydrogens (tertiary/aromatic N) is 2. The van der Waals surface area contributed by atoms with Gasteiger partial charge in [-0.15, -0.1) is 11.3 Å². The fraction of sp³-hybridized carbons (Fsp3) is 0.750. The standard InChI is InChI=1S/C20H34N4O2S/c1-3-21-20(22-12-16-6-4-7-18(16)25)23-13-17(19-8-5-11-27-19)24-9-10-26-15(2)14-24/h5,8,11,15-18,25H,3-4,6-7,9-10,12-14H2,1-2H3,(H2,21,22,23). The molecule has 152 valence electrons. The zero-order chi connectivity index (χ0) is 19.1. The number of aliphatic imine (C=N–C) groups is 1. The van der Waals surface area contributed by atoms with Crippen LogP contribution in [0.2, 0.25) is 0 Å². The molecule has 0 radical (unpaired) electrons. The van der Waals surface area contributed by atoms with Gasteiger partial charge in [0.1, 0.15) is 0 Å². The molecule has 6 nitrogen and oxygen atoms in total. The summed E-state index contributed by atoms with van der Waals surface area (Å²) in [5.41, 5.74) is 0. The van der Waals surface area contributed by atoms with Crippen LogP contribution in [0.25, 0.3) is 0 Å². The third-order valence-corrected chi connectivity index (χ3v) is 6.48. The Labute approximate surface area is 167 Å². The lowest BCUT2D eigenvalue weighted by Gasteiger charge is -2.36. The average Bonchev–Trinajstić information content (AvgIpc) is 3.32. The molecular formula is C20H34N4O2S. The second-order valence-corrected chi connectivity index (χ2v) is 8.55. The molecule has 1 aliphatic carbocycles. The monoisotopic (exact) mass is 394 g/mol. The number of hydrogen-bond donors (Lipinski definition) is 3. The van der Waals surface area contributed by atoms with Crippen LogP contribution in [0, 0.1) is 5.92 Å². The van der Waals surface area contributed by atoms with Gasteiger partial charge in [-0.1, -0.05) is 12.5 Å². The first kappa shape index (κ1) is 20.6. The summed E-state index contributed by atoms with van der Waals surface area (Å²) in [7, 11) is 0. The summed E-state index contributed by atoms with van der Waals surface area (Å²) in [5, 5.41) is 19.0. The van der Waals surface area contributed by atoms with Crippen LogP contribution < -0.4 is 10.6 Å². The molecule has 0 aromatic carbocycles. The SMILES string of the molecule is CCNC(=NCC(c1cccs1)N1CCOC(C)C1)NCC1CCCC1O. The average molecular weight is 395 g/mol. The van der Waals surface area contributed by atoms with Gasteiger partial charge in [-0.2, -0.15) is 0 Å². The quantitative estimate of drug-likeness (QED) is 0.489. The van der Waals surface area contributed by atoms with Gasteiger partial charge in [0, 0.05) is 37.0 Å². The predicted octanol–water partition coefficient (Wildman–Crippen LogP) is 2.23. The number of aliphatic hydroxyl groups is 1. The van der Waals surface area contributed by atoms with Crippen molar-refractivity contribution < 1.29 is 9.84 Å². The minimum absolute atomic E-state index is 0.172. The maximum absolute atomic E-state index is 10.1. The number of nitrogens with one attached hydrogen (secondary N) is 2. The number of thiophene rings is 1. The number of rotatable bonds is 7. The highest BCUT2D eigenvalue weighted by Crippen LogP contribution is 2.27. The van der Waals surface area contributed by atoms with Gasteiger partial charge in [-0.05, 0) is 38.1 Å². The molecule has 1 aliphatic heterocycles. The summed E-state index contributed by atoms with van der Waals surface area (Å²) < 4.78 is 5.72.